The third-order valence-electron chi connectivity index (χ3n) is 3.23. The second kappa shape index (κ2) is 17.5. The van der Waals surface area contributed by atoms with Crippen molar-refractivity contribution in [3.63, 3.8) is 0 Å². The largest absolute Gasteiger partial charge is 0.481 e. The number of rotatable bonds is 14. The van der Waals surface area contributed by atoms with Gasteiger partial charge in [-0.15, -0.1) is 0 Å². The van der Waals surface area contributed by atoms with E-state index in [-0.39, 0.29) is 0 Å². The van der Waals surface area contributed by atoms with Crippen LogP contribution in [0.5, 0.6) is 0 Å². The number of unbranched alkanes of at least 4 members (excludes halogenated alkanes) is 4. The minimum Gasteiger partial charge on any atom is -0.481 e. The molecule has 0 bridgehead atoms. The first-order valence-corrected chi connectivity index (χ1v) is 8.59. The molecule has 0 saturated carbocycles. The van der Waals surface area contributed by atoms with Crippen molar-refractivity contribution >= 4 is 5.97 Å². The van der Waals surface area contributed by atoms with Crippen LogP contribution in [-0.4, -0.2) is 11.1 Å². The van der Waals surface area contributed by atoms with Crippen molar-refractivity contribution in [1.29, 1.82) is 0 Å². The Kier molecular flexibility index (Phi) is 16.2. The molecule has 0 atom stereocenters. The highest BCUT2D eigenvalue weighted by Crippen LogP contribution is 2.06. The first kappa shape index (κ1) is 20.4. The van der Waals surface area contributed by atoms with Crippen molar-refractivity contribution in [3.05, 3.63) is 48.6 Å². The summed E-state index contributed by atoms with van der Waals surface area (Å²) >= 11 is 0. The van der Waals surface area contributed by atoms with Gasteiger partial charge >= 0.3 is 5.97 Å². The molecule has 0 fully saturated rings. The molecule has 0 rings (SSSR count). The van der Waals surface area contributed by atoms with Crippen molar-refractivity contribution in [2.45, 2.75) is 71.1 Å². The highest BCUT2D eigenvalue weighted by Gasteiger charge is 1.95. The number of aliphatic carboxylic acids is 1. The topological polar surface area (TPSA) is 37.3 Å². The second-order valence-electron chi connectivity index (χ2n) is 5.35. The van der Waals surface area contributed by atoms with Gasteiger partial charge in [0, 0.05) is 6.42 Å². The van der Waals surface area contributed by atoms with Crippen molar-refractivity contribution < 1.29 is 9.90 Å². The molecular formula is C20H32O2. The molecule has 0 aliphatic carbocycles. The van der Waals surface area contributed by atoms with Crippen LogP contribution in [0.3, 0.4) is 0 Å². The van der Waals surface area contributed by atoms with Gasteiger partial charge in [0.25, 0.3) is 0 Å². The lowest BCUT2D eigenvalue weighted by molar-refractivity contribution is -0.137. The molecule has 0 aliphatic heterocycles. The molecule has 0 spiro atoms. The smallest absolute Gasteiger partial charge is 0.303 e. The molecular weight excluding hydrogens is 272 g/mol. The summed E-state index contributed by atoms with van der Waals surface area (Å²) in [4.78, 5) is 10.3. The Morgan fingerprint density at radius 1 is 0.727 bits per heavy atom. The number of carboxylic acid groups (broad SMARTS) is 1. The van der Waals surface area contributed by atoms with Crippen LogP contribution in [0.2, 0.25) is 0 Å². The third-order valence-corrected chi connectivity index (χ3v) is 3.23. The first-order chi connectivity index (χ1) is 10.8. The van der Waals surface area contributed by atoms with Crippen molar-refractivity contribution in [2.24, 2.45) is 0 Å². The maximum absolute atomic E-state index is 10.3. The van der Waals surface area contributed by atoms with Gasteiger partial charge in [0.15, 0.2) is 0 Å². The quantitative estimate of drug-likeness (QED) is 0.305. The van der Waals surface area contributed by atoms with Gasteiger partial charge in [0.2, 0.25) is 0 Å². The van der Waals surface area contributed by atoms with Gasteiger partial charge in [-0.05, 0) is 44.9 Å². The van der Waals surface area contributed by atoms with Crippen molar-refractivity contribution in [3.8, 4) is 0 Å². The molecule has 0 unspecified atom stereocenters. The summed E-state index contributed by atoms with van der Waals surface area (Å²) in [5, 5.41) is 8.51. The highest BCUT2D eigenvalue weighted by atomic mass is 16.4. The van der Waals surface area contributed by atoms with Gasteiger partial charge in [0.05, 0.1) is 0 Å². The van der Waals surface area contributed by atoms with E-state index < -0.39 is 5.97 Å². The molecule has 0 saturated heterocycles. The van der Waals surface area contributed by atoms with Crippen LogP contribution >= 0.6 is 0 Å². The van der Waals surface area contributed by atoms with Gasteiger partial charge < -0.3 is 5.11 Å². The fourth-order valence-corrected chi connectivity index (χ4v) is 1.99. The zero-order chi connectivity index (χ0) is 16.3. The summed E-state index contributed by atoms with van der Waals surface area (Å²) in [6.07, 6.45) is 27.4. The van der Waals surface area contributed by atoms with E-state index in [1.54, 1.807) is 0 Å². The minimum atomic E-state index is -0.682. The zero-order valence-electron chi connectivity index (χ0n) is 14.0. The van der Waals surface area contributed by atoms with Crippen LogP contribution in [0.4, 0.5) is 0 Å². The third kappa shape index (κ3) is 18.4. The maximum atomic E-state index is 10.3. The van der Waals surface area contributed by atoms with E-state index in [1.807, 2.05) is 0 Å². The van der Waals surface area contributed by atoms with Crippen LogP contribution in [-0.2, 0) is 4.79 Å². The van der Waals surface area contributed by atoms with Crippen LogP contribution in [0.25, 0.3) is 0 Å². The molecule has 0 aromatic rings. The first-order valence-electron chi connectivity index (χ1n) is 8.59. The number of carbonyl (C=O) groups is 1. The van der Waals surface area contributed by atoms with E-state index in [4.69, 9.17) is 5.11 Å². The van der Waals surface area contributed by atoms with Gasteiger partial charge in [-0.25, -0.2) is 0 Å². The fourth-order valence-electron chi connectivity index (χ4n) is 1.99. The maximum Gasteiger partial charge on any atom is 0.303 e. The lowest BCUT2D eigenvalue weighted by Gasteiger charge is -1.96. The molecule has 0 aromatic heterocycles. The molecule has 1 N–H and O–H groups in total. The SMILES string of the molecule is CC/C=C\C/C=C\C/C=C\C/C=C\CCCCCCC(=O)O. The van der Waals surface area contributed by atoms with Crippen LogP contribution in [0.1, 0.15) is 71.1 Å². The predicted octanol–water partition coefficient (Wildman–Crippen LogP) is 6.22. The van der Waals surface area contributed by atoms with E-state index in [0.717, 1.165) is 57.8 Å². The average molecular weight is 304 g/mol. The summed E-state index contributed by atoms with van der Waals surface area (Å²) < 4.78 is 0. The van der Waals surface area contributed by atoms with E-state index >= 15 is 0 Å². The summed E-state index contributed by atoms with van der Waals surface area (Å²) in [6, 6.07) is 0. The molecule has 2 heteroatoms. The van der Waals surface area contributed by atoms with E-state index in [9.17, 15) is 4.79 Å². The number of allylic oxidation sites excluding steroid dienone is 8. The van der Waals surface area contributed by atoms with Gasteiger partial charge in [-0.2, -0.15) is 0 Å². The van der Waals surface area contributed by atoms with Crippen LogP contribution < -0.4 is 0 Å². The Morgan fingerprint density at radius 2 is 1.23 bits per heavy atom. The second-order valence-corrected chi connectivity index (χ2v) is 5.35. The molecule has 124 valence electrons. The van der Waals surface area contributed by atoms with Crippen LogP contribution in [0.15, 0.2) is 48.6 Å². The molecule has 0 aromatic carbocycles. The summed E-state index contributed by atoms with van der Waals surface area (Å²) in [5.41, 5.74) is 0. The summed E-state index contributed by atoms with van der Waals surface area (Å²) in [7, 11) is 0. The monoisotopic (exact) mass is 304 g/mol. The van der Waals surface area contributed by atoms with Gasteiger partial charge in [0.1, 0.15) is 0 Å². The zero-order valence-corrected chi connectivity index (χ0v) is 14.0. The normalized spacial score (nSPS) is 12.4. The van der Waals surface area contributed by atoms with E-state index in [2.05, 4.69) is 55.5 Å². The molecule has 0 radical (unpaired) electrons. The Hall–Kier alpha value is -1.57. The summed E-state index contributed by atoms with van der Waals surface area (Å²) in [6.45, 7) is 2.15. The molecule has 0 aliphatic rings. The minimum absolute atomic E-state index is 0.309. The lowest BCUT2D eigenvalue weighted by atomic mass is 10.1. The molecule has 22 heavy (non-hydrogen) atoms. The predicted molar refractivity (Wildman–Crippen MR) is 96.0 cm³/mol. The summed E-state index contributed by atoms with van der Waals surface area (Å²) in [5.74, 6) is -0.682. The number of carboxylic acids is 1. The molecule has 0 amide bonds. The number of hydrogen-bond acceptors (Lipinski definition) is 1. The van der Waals surface area contributed by atoms with E-state index in [1.165, 1.54) is 0 Å². The molecule has 0 heterocycles. The van der Waals surface area contributed by atoms with E-state index in [0.29, 0.717) is 6.42 Å². The average Bonchev–Trinajstić information content (AvgIpc) is 2.50. The van der Waals surface area contributed by atoms with Crippen molar-refractivity contribution in [1.82, 2.24) is 0 Å². The Labute approximate surface area is 136 Å². The van der Waals surface area contributed by atoms with Gasteiger partial charge in [-0.3, -0.25) is 4.79 Å². The van der Waals surface area contributed by atoms with Crippen molar-refractivity contribution in [2.75, 3.05) is 0 Å². The Balaban J connectivity index is 3.34. The van der Waals surface area contributed by atoms with Crippen LogP contribution in [0, 0.1) is 0 Å². The Bertz CT molecular complexity index is 362. The Morgan fingerprint density at radius 3 is 1.77 bits per heavy atom. The fraction of sp³-hybridized carbons (Fsp3) is 0.550. The highest BCUT2D eigenvalue weighted by molar-refractivity contribution is 5.66. The lowest BCUT2D eigenvalue weighted by Crippen LogP contribution is -1.93. The number of hydrogen-bond donors (Lipinski definition) is 1. The molecule has 2 nitrogen and oxygen atoms in total. The van der Waals surface area contributed by atoms with Gasteiger partial charge in [-0.1, -0.05) is 68.4 Å². The standard InChI is InChI=1S/C20H32O2/c1-2-3-4-5-6-7-8-9-10-11-12-13-14-15-16-17-18-19-20(21)22/h3-4,6-7,9-10,12-13H,2,5,8,11,14-19H2,1H3,(H,21,22)/b4-3-,7-6-,10-9-,13-12-.